The van der Waals surface area contributed by atoms with E-state index in [2.05, 4.69) is 10.3 Å². The Morgan fingerprint density at radius 2 is 1.90 bits per heavy atom. The molecule has 29 heavy (non-hydrogen) atoms. The van der Waals surface area contributed by atoms with Gasteiger partial charge in [-0.3, -0.25) is 9.78 Å². The summed E-state index contributed by atoms with van der Waals surface area (Å²) in [6, 6.07) is 13.8. The average molecular weight is 411 g/mol. The number of ether oxygens (including phenoxy) is 1. The predicted molar refractivity (Wildman–Crippen MR) is 113 cm³/mol. The number of hydrogen-bond acceptors (Lipinski definition) is 5. The average Bonchev–Trinajstić information content (AvgIpc) is 2.72. The van der Waals surface area contributed by atoms with Gasteiger partial charge in [-0.15, -0.1) is 0 Å². The summed E-state index contributed by atoms with van der Waals surface area (Å²) in [6.07, 6.45) is 4.73. The fourth-order valence-electron chi connectivity index (χ4n) is 2.76. The Kier molecular flexibility index (Phi) is 5.95. The summed E-state index contributed by atoms with van der Waals surface area (Å²) in [6.45, 7) is 0. The summed E-state index contributed by atoms with van der Waals surface area (Å²) >= 11 is 0. The van der Waals surface area contributed by atoms with E-state index < -0.39 is 15.9 Å². The number of amides is 1. The molecule has 1 heterocycles. The van der Waals surface area contributed by atoms with Crippen molar-refractivity contribution in [2.45, 2.75) is 4.90 Å². The highest BCUT2D eigenvalue weighted by Gasteiger charge is 2.19. The minimum Gasteiger partial charge on any atom is -0.495 e. The van der Waals surface area contributed by atoms with Crippen LogP contribution in [0.1, 0.15) is 5.56 Å². The molecule has 1 aromatic heterocycles. The number of sulfonamides is 1. The SMILES string of the molecule is COc1ccc(S(=O)(=O)N(C)C)cc1NC(=O)/C=C/c1cccc2cccnc12. The van der Waals surface area contributed by atoms with E-state index in [9.17, 15) is 13.2 Å². The maximum Gasteiger partial charge on any atom is 0.248 e. The van der Waals surface area contributed by atoms with E-state index in [-0.39, 0.29) is 10.6 Å². The van der Waals surface area contributed by atoms with Crippen molar-refractivity contribution in [2.75, 3.05) is 26.5 Å². The first-order valence-corrected chi connectivity index (χ1v) is 10.2. The molecule has 0 unspecified atom stereocenters. The van der Waals surface area contributed by atoms with Crippen molar-refractivity contribution in [3.8, 4) is 5.75 Å². The van der Waals surface area contributed by atoms with Crippen molar-refractivity contribution in [3.63, 3.8) is 0 Å². The van der Waals surface area contributed by atoms with E-state index in [1.54, 1.807) is 12.3 Å². The number of rotatable bonds is 6. The van der Waals surface area contributed by atoms with Gasteiger partial charge in [0.1, 0.15) is 5.75 Å². The Labute approximate surface area is 169 Å². The zero-order valence-corrected chi connectivity index (χ0v) is 17.1. The number of pyridine rings is 1. The summed E-state index contributed by atoms with van der Waals surface area (Å²) in [5, 5.41) is 3.65. The number of hydrogen-bond donors (Lipinski definition) is 1. The van der Waals surface area contributed by atoms with E-state index in [1.165, 1.54) is 45.5 Å². The molecular formula is C21H21N3O4S. The number of aromatic nitrogens is 1. The molecule has 0 aliphatic rings. The lowest BCUT2D eigenvalue weighted by Crippen LogP contribution is -2.22. The second-order valence-corrected chi connectivity index (χ2v) is 8.55. The molecule has 7 nitrogen and oxygen atoms in total. The number of para-hydroxylation sites is 1. The van der Waals surface area contributed by atoms with Crippen molar-refractivity contribution in [1.82, 2.24) is 9.29 Å². The molecular weight excluding hydrogens is 390 g/mol. The third-order valence-electron chi connectivity index (χ3n) is 4.29. The second-order valence-electron chi connectivity index (χ2n) is 6.39. The molecule has 1 amide bonds. The molecule has 3 aromatic rings. The molecule has 0 spiro atoms. The van der Waals surface area contributed by atoms with Gasteiger partial charge in [0, 0.05) is 37.3 Å². The second kappa shape index (κ2) is 8.42. The highest BCUT2D eigenvalue weighted by molar-refractivity contribution is 7.89. The molecule has 0 saturated heterocycles. The molecule has 0 fully saturated rings. The van der Waals surface area contributed by atoms with E-state index in [1.807, 2.05) is 30.3 Å². The lowest BCUT2D eigenvalue weighted by atomic mass is 10.1. The van der Waals surface area contributed by atoms with Gasteiger partial charge < -0.3 is 10.1 Å². The van der Waals surface area contributed by atoms with Crippen LogP contribution in [0.2, 0.25) is 0 Å². The fourth-order valence-corrected chi connectivity index (χ4v) is 3.69. The van der Waals surface area contributed by atoms with Gasteiger partial charge in [0.25, 0.3) is 0 Å². The molecule has 3 rings (SSSR count). The largest absolute Gasteiger partial charge is 0.495 e. The Morgan fingerprint density at radius 3 is 2.62 bits per heavy atom. The fraction of sp³-hybridized carbons (Fsp3) is 0.143. The molecule has 0 aliphatic carbocycles. The molecule has 0 bridgehead atoms. The van der Waals surface area contributed by atoms with E-state index in [0.717, 1.165) is 20.8 Å². The van der Waals surface area contributed by atoms with Gasteiger partial charge in [0.05, 0.1) is 23.2 Å². The molecule has 0 saturated carbocycles. The van der Waals surface area contributed by atoms with Crippen LogP contribution in [0.25, 0.3) is 17.0 Å². The molecule has 2 aromatic carbocycles. The van der Waals surface area contributed by atoms with Crippen molar-refractivity contribution < 1.29 is 17.9 Å². The van der Waals surface area contributed by atoms with Crippen LogP contribution in [0.4, 0.5) is 5.69 Å². The number of fused-ring (bicyclic) bond motifs is 1. The smallest absolute Gasteiger partial charge is 0.248 e. The zero-order chi connectivity index (χ0) is 21.0. The minimum absolute atomic E-state index is 0.0563. The molecule has 150 valence electrons. The van der Waals surface area contributed by atoms with Gasteiger partial charge in [0.15, 0.2) is 0 Å². The number of methoxy groups -OCH3 is 1. The molecule has 1 N–H and O–H groups in total. The zero-order valence-electron chi connectivity index (χ0n) is 16.3. The van der Waals surface area contributed by atoms with Crippen LogP contribution in [0, 0.1) is 0 Å². The number of carbonyl (C=O) groups is 1. The van der Waals surface area contributed by atoms with Crippen LogP contribution in [0.5, 0.6) is 5.75 Å². The number of nitrogens with zero attached hydrogens (tertiary/aromatic N) is 2. The Balaban J connectivity index is 1.87. The lowest BCUT2D eigenvalue weighted by Gasteiger charge is -2.14. The number of nitrogens with one attached hydrogen (secondary N) is 1. The van der Waals surface area contributed by atoms with Crippen molar-refractivity contribution >= 4 is 38.6 Å². The monoisotopic (exact) mass is 411 g/mol. The Bertz CT molecular complexity index is 1180. The van der Waals surface area contributed by atoms with Gasteiger partial charge in [-0.05, 0) is 30.3 Å². The van der Waals surface area contributed by atoms with Crippen molar-refractivity contribution in [1.29, 1.82) is 0 Å². The normalized spacial score (nSPS) is 11.9. The van der Waals surface area contributed by atoms with Crippen LogP contribution < -0.4 is 10.1 Å². The number of carbonyl (C=O) groups excluding carboxylic acids is 1. The van der Waals surface area contributed by atoms with E-state index >= 15 is 0 Å². The quantitative estimate of drug-likeness (QED) is 0.630. The summed E-state index contributed by atoms with van der Waals surface area (Å²) in [5.41, 5.74) is 1.85. The molecule has 0 aliphatic heterocycles. The Hall–Kier alpha value is -3.23. The summed E-state index contributed by atoms with van der Waals surface area (Å²) in [4.78, 5) is 16.9. The van der Waals surface area contributed by atoms with Crippen LogP contribution in [0.3, 0.4) is 0 Å². The van der Waals surface area contributed by atoms with Crippen molar-refractivity contribution in [2.24, 2.45) is 0 Å². The Morgan fingerprint density at radius 1 is 1.14 bits per heavy atom. The summed E-state index contributed by atoms with van der Waals surface area (Å²) in [5.74, 6) is -0.0630. The van der Waals surface area contributed by atoms with Gasteiger partial charge in [-0.1, -0.05) is 24.3 Å². The summed E-state index contributed by atoms with van der Waals surface area (Å²) < 4.78 is 31.1. The van der Waals surface area contributed by atoms with Gasteiger partial charge in [-0.25, -0.2) is 12.7 Å². The van der Waals surface area contributed by atoms with E-state index in [4.69, 9.17) is 4.74 Å². The van der Waals surface area contributed by atoms with E-state index in [0.29, 0.717) is 5.75 Å². The number of benzene rings is 2. The molecule has 8 heteroatoms. The van der Waals surface area contributed by atoms with Crippen LogP contribution >= 0.6 is 0 Å². The first kappa shape index (κ1) is 20.5. The molecule has 0 radical (unpaired) electrons. The molecule has 0 atom stereocenters. The lowest BCUT2D eigenvalue weighted by molar-refractivity contribution is -0.111. The summed E-state index contributed by atoms with van der Waals surface area (Å²) in [7, 11) is 0.694. The first-order valence-electron chi connectivity index (χ1n) is 8.76. The van der Waals surface area contributed by atoms with Gasteiger partial charge in [-0.2, -0.15) is 0 Å². The topological polar surface area (TPSA) is 88.6 Å². The number of anilines is 1. The highest BCUT2D eigenvalue weighted by Crippen LogP contribution is 2.28. The maximum absolute atomic E-state index is 12.5. The van der Waals surface area contributed by atoms with Crippen LogP contribution in [-0.4, -0.2) is 44.8 Å². The standard InChI is InChI=1S/C21H21N3O4S/c1-24(2)29(26,27)17-10-11-19(28-3)18(14-17)23-20(25)12-9-16-7-4-6-15-8-5-13-22-21(15)16/h4-14H,1-3H3,(H,23,25)/b12-9+. The van der Waals surface area contributed by atoms with Crippen molar-refractivity contribution in [3.05, 3.63) is 66.4 Å². The van der Waals surface area contributed by atoms with Crippen LogP contribution in [-0.2, 0) is 14.8 Å². The van der Waals surface area contributed by atoms with Crippen LogP contribution in [0.15, 0.2) is 65.7 Å². The maximum atomic E-state index is 12.5. The third kappa shape index (κ3) is 4.44. The van der Waals surface area contributed by atoms with Gasteiger partial charge >= 0.3 is 0 Å². The minimum atomic E-state index is -3.64. The van der Waals surface area contributed by atoms with Gasteiger partial charge in [0.2, 0.25) is 15.9 Å². The third-order valence-corrected chi connectivity index (χ3v) is 6.10. The predicted octanol–water partition coefficient (Wildman–Crippen LogP) is 3.15. The first-order chi connectivity index (χ1) is 13.8. The highest BCUT2D eigenvalue weighted by atomic mass is 32.2.